The van der Waals surface area contributed by atoms with Gasteiger partial charge in [-0.15, -0.1) is 0 Å². The zero-order valence-corrected chi connectivity index (χ0v) is 15.6. The Morgan fingerprint density at radius 2 is 1.96 bits per heavy atom. The monoisotopic (exact) mass is 357 g/mol. The Hall–Kier alpha value is -2.57. The van der Waals surface area contributed by atoms with E-state index in [4.69, 9.17) is 5.73 Å². The van der Waals surface area contributed by atoms with Gasteiger partial charge < -0.3 is 21.4 Å². The minimum absolute atomic E-state index is 0.121. The maximum absolute atomic E-state index is 12.6. The third kappa shape index (κ3) is 3.52. The largest absolute Gasteiger partial charge is 0.368 e. The Bertz CT molecular complexity index is 820. The quantitative estimate of drug-likeness (QED) is 0.660. The highest BCUT2D eigenvalue weighted by Gasteiger charge is 2.41. The molecule has 1 unspecified atom stereocenters. The summed E-state index contributed by atoms with van der Waals surface area (Å²) in [6, 6.07) is 5.32. The van der Waals surface area contributed by atoms with Crippen LogP contribution in [-0.2, 0) is 4.79 Å². The van der Waals surface area contributed by atoms with E-state index in [0.29, 0.717) is 18.7 Å². The van der Waals surface area contributed by atoms with E-state index in [1.807, 2.05) is 39.0 Å². The van der Waals surface area contributed by atoms with Gasteiger partial charge >= 0.3 is 6.03 Å². The first-order valence-corrected chi connectivity index (χ1v) is 9.15. The van der Waals surface area contributed by atoms with Crippen LogP contribution in [0.4, 0.5) is 4.79 Å². The average molecular weight is 357 g/mol. The second-order valence-corrected chi connectivity index (χ2v) is 7.62. The van der Waals surface area contributed by atoms with Crippen molar-refractivity contribution in [2.45, 2.75) is 58.0 Å². The van der Waals surface area contributed by atoms with Crippen LogP contribution in [0.5, 0.6) is 0 Å². The van der Waals surface area contributed by atoms with Gasteiger partial charge in [-0.2, -0.15) is 0 Å². The Labute approximate surface area is 153 Å². The van der Waals surface area contributed by atoms with Gasteiger partial charge in [-0.1, -0.05) is 32.8 Å². The number of aromatic amines is 1. The number of nitrogens with zero attached hydrogens (tertiary/aromatic N) is 1. The van der Waals surface area contributed by atoms with Gasteiger partial charge in [0, 0.05) is 0 Å². The number of benzene rings is 1. The van der Waals surface area contributed by atoms with Crippen molar-refractivity contribution in [3.05, 3.63) is 29.6 Å². The Morgan fingerprint density at radius 1 is 1.27 bits per heavy atom. The summed E-state index contributed by atoms with van der Waals surface area (Å²) in [7, 11) is 0. The Balaban J connectivity index is 1.79. The fourth-order valence-electron chi connectivity index (χ4n) is 3.65. The third-order valence-electron chi connectivity index (χ3n) is 5.19. The highest BCUT2D eigenvalue weighted by molar-refractivity contribution is 5.90. The molecule has 26 heavy (non-hydrogen) atoms. The van der Waals surface area contributed by atoms with Crippen LogP contribution in [0.25, 0.3) is 11.0 Å². The topological polar surface area (TPSA) is 113 Å². The molecule has 2 aromatic rings. The zero-order chi connectivity index (χ0) is 18.9. The number of amides is 3. The number of hydrogen-bond donors (Lipinski definition) is 4. The lowest BCUT2D eigenvalue weighted by Gasteiger charge is -2.28. The number of aromatic nitrogens is 2. The number of H-pyrrole nitrogens is 1. The molecule has 0 saturated heterocycles. The normalized spacial score (nSPS) is 17.4. The molecule has 1 atom stereocenters. The van der Waals surface area contributed by atoms with Crippen LogP contribution in [0.2, 0.25) is 0 Å². The number of urea groups is 1. The van der Waals surface area contributed by atoms with Gasteiger partial charge in [0.2, 0.25) is 5.91 Å². The van der Waals surface area contributed by atoms with Gasteiger partial charge in [0.25, 0.3) is 0 Å². The van der Waals surface area contributed by atoms with Crippen LogP contribution in [-0.4, -0.2) is 27.4 Å². The summed E-state index contributed by atoms with van der Waals surface area (Å²) >= 11 is 0. The van der Waals surface area contributed by atoms with Gasteiger partial charge in [-0.3, -0.25) is 4.79 Å². The van der Waals surface area contributed by atoms with Gasteiger partial charge in [0.15, 0.2) is 0 Å². The van der Waals surface area contributed by atoms with Gasteiger partial charge in [-0.25, -0.2) is 9.78 Å². The molecule has 0 bridgehead atoms. The predicted molar refractivity (Wildman–Crippen MR) is 100 cm³/mol. The first-order valence-electron chi connectivity index (χ1n) is 9.15. The number of rotatable bonds is 5. The number of primary amides is 1. The number of hydrogen-bond acceptors (Lipinski definition) is 3. The molecule has 1 saturated carbocycles. The van der Waals surface area contributed by atoms with Gasteiger partial charge in [0.05, 0.1) is 17.1 Å². The lowest BCUT2D eigenvalue weighted by Crippen LogP contribution is -2.58. The molecule has 1 aliphatic rings. The molecule has 0 aliphatic heterocycles. The summed E-state index contributed by atoms with van der Waals surface area (Å²) in [4.78, 5) is 32.4. The fourth-order valence-corrected chi connectivity index (χ4v) is 3.65. The third-order valence-corrected chi connectivity index (χ3v) is 5.19. The molecule has 1 aromatic heterocycles. The van der Waals surface area contributed by atoms with Crippen molar-refractivity contribution in [1.29, 1.82) is 0 Å². The maximum atomic E-state index is 12.6. The summed E-state index contributed by atoms with van der Waals surface area (Å²) < 4.78 is 0. The van der Waals surface area contributed by atoms with E-state index in [-0.39, 0.29) is 18.0 Å². The standard InChI is InChI=1S/C19H27N5O2/c1-11(2)15(16-21-13-7-6-12(3)10-14(13)22-16)23-18(26)24-19(17(20)25)8-4-5-9-19/h6-7,10-11,15H,4-5,8-9H2,1-3H3,(H2,20,25)(H,21,22)(H2,23,24,26). The minimum atomic E-state index is -0.934. The van der Waals surface area contributed by atoms with E-state index < -0.39 is 11.4 Å². The summed E-state index contributed by atoms with van der Waals surface area (Å²) in [5.41, 5.74) is 7.56. The smallest absolute Gasteiger partial charge is 0.316 e. The van der Waals surface area contributed by atoms with E-state index >= 15 is 0 Å². The van der Waals surface area contributed by atoms with Crippen LogP contribution in [0.15, 0.2) is 18.2 Å². The van der Waals surface area contributed by atoms with Crippen molar-refractivity contribution >= 4 is 23.0 Å². The van der Waals surface area contributed by atoms with Gasteiger partial charge in [-0.05, 0) is 43.4 Å². The SMILES string of the molecule is Cc1ccc2nc(C(NC(=O)NC3(C(N)=O)CCCC3)C(C)C)[nH]c2c1. The molecule has 5 N–H and O–H groups in total. The molecular formula is C19H27N5O2. The molecule has 140 valence electrons. The number of nitrogens with two attached hydrogens (primary N) is 1. The molecule has 0 radical (unpaired) electrons. The molecule has 1 aliphatic carbocycles. The Morgan fingerprint density at radius 3 is 2.58 bits per heavy atom. The van der Waals surface area contributed by atoms with Crippen molar-refractivity contribution in [3.8, 4) is 0 Å². The van der Waals surface area contributed by atoms with Crippen molar-refractivity contribution in [2.24, 2.45) is 11.7 Å². The van der Waals surface area contributed by atoms with Gasteiger partial charge in [0.1, 0.15) is 11.4 Å². The molecule has 1 heterocycles. The van der Waals surface area contributed by atoms with Crippen LogP contribution in [0, 0.1) is 12.8 Å². The van der Waals surface area contributed by atoms with Crippen molar-refractivity contribution < 1.29 is 9.59 Å². The van der Waals surface area contributed by atoms with Crippen LogP contribution < -0.4 is 16.4 Å². The van der Waals surface area contributed by atoms with Crippen molar-refractivity contribution in [3.63, 3.8) is 0 Å². The number of fused-ring (bicyclic) bond motifs is 1. The number of carbonyl (C=O) groups is 2. The molecule has 1 aromatic carbocycles. The van der Waals surface area contributed by atoms with Crippen LogP contribution >= 0.6 is 0 Å². The average Bonchev–Trinajstić information content (AvgIpc) is 3.19. The second kappa shape index (κ2) is 6.97. The van der Waals surface area contributed by atoms with E-state index in [1.165, 1.54) is 0 Å². The summed E-state index contributed by atoms with van der Waals surface area (Å²) in [5.74, 6) is 0.358. The fraction of sp³-hybridized carbons (Fsp3) is 0.526. The minimum Gasteiger partial charge on any atom is -0.368 e. The number of aryl methyl sites for hydroxylation is 1. The first kappa shape index (κ1) is 18.2. The second-order valence-electron chi connectivity index (χ2n) is 7.62. The molecule has 1 fully saturated rings. The highest BCUT2D eigenvalue weighted by atomic mass is 16.2. The molecule has 0 spiro atoms. The van der Waals surface area contributed by atoms with Crippen LogP contribution in [0.3, 0.4) is 0 Å². The number of imidazole rings is 1. The maximum Gasteiger partial charge on any atom is 0.316 e. The lowest BCUT2D eigenvalue weighted by atomic mass is 9.97. The van der Waals surface area contributed by atoms with Crippen molar-refractivity contribution in [2.75, 3.05) is 0 Å². The number of nitrogens with one attached hydrogen (secondary N) is 3. The van der Waals surface area contributed by atoms with E-state index in [0.717, 1.165) is 29.4 Å². The number of carbonyl (C=O) groups excluding carboxylic acids is 2. The first-order chi connectivity index (χ1) is 12.3. The molecule has 7 heteroatoms. The Kier molecular flexibility index (Phi) is 4.89. The molecule has 3 amide bonds. The molecule has 3 rings (SSSR count). The van der Waals surface area contributed by atoms with E-state index in [1.54, 1.807) is 0 Å². The van der Waals surface area contributed by atoms with Crippen LogP contribution in [0.1, 0.15) is 57.0 Å². The summed E-state index contributed by atoms with van der Waals surface area (Å²) in [5, 5.41) is 5.79. The summed E-state index contributed by atoms with van der Waals surface area (Å²) in [6.07, 6.45) is 2.96. The van der Waals surface area contributed by atoms with Crippen molar-refractivity contribution in [1.82, 2.24) is 20.6 Å². The van der Waals surface area contributed by atoms with E-state index in [9.17, 15) is 9.59 Å². The highest BCUT2D eigenvalue weighted by Crippen LogP contribution is 2.29. The van der Waals surface area contributed by atoms with E-state index in [2.05, 4.69) is 20.6 Å². The zero-order valence-electron chi connectivity index (χ0n) is 15.6. The molecular weight excluding hydrogens is 330 g/mol. The lowest BCUT2D eigenvalue weighted by molar-refractivity contribution is -0.123. The predicted octanol–water partition coefficient (Wildman–Crippen LogP) is 2.67. The summed E-state index contributed by atoms with van der Waals surface area (Å²) in [6.45, 7) is 6.06. The molecule has 7 nitrogen and oxygen atoms in total.